The molecule has 0 aromatic heterocycles. The fraction of sp³-hybridized carbons (Fsp3) is 0.538. The van der Waals surface area contributed by atoms with E-state index in [0.717, 1.165) is 24.4 Å². The summed E-state index contributed by atoms with van der Waals surface area (Å²) in [5.74, 6) is 1.09. The summed E-state index contributed by atoms with van der Waals surface area (Å²) < 4.78 is 5.15. The highest BCUT2D eigenvalue weighted by Gasteiger charge is 2.10. The summed E-state index contributed by atoms with van der Waals surface area (Å²) in [5, 5.41) is 12.0. The van der Waals surface area contributed by atoms with Crippen molar-refractivity contribution in [1.29, 1.82) is 0 Å². The fourth-order valence-corrected chi connectivity index (χ4v) is 2.08. The van der Waals surface area contributed by atoms with Crippen LogP contribution in [0.25, 0.3) is 0 Å². The van der Waals surface area contributed by atoms with Crippen molar-refractivity contribution in [3.8, 4) is 11.5 Å². The molecule has 0 aliphatic carbocycles. The van der Waals surface area contributed by atoms with Crippen LogP contribution in [-0.2, 0) is 6.54 Å². The normalized spacial score (nSPS) is 17.0. The Morgan fingerprint density at radius 1 is 1.29 bits per heavy atom. The van der Waals surface area contributed by atoms with Crippen molar-refractivity contribution in [3.63, 3.8) is 0 Å². The van der Waals surface area contributed by atoms with Gasteiger partial charge in [-0.15, -0.1) is 0 Å². The molecule has 94 valence electrons. The molecule has 1 fully saturated rings. The number of rotatable bonds is 4. The zero-order valence-electron chi connectivity index (χ0n) is 10.3. The fourth-order valence-electron chi connectivity index (χ4n) is 2.08. The van der Waals surface area contributed by atoms with Crippen LogP contribution in [0.1, 0.15) is 24.8 Å². The molecule has 1 saturated heterocycles. The van der Waals surface area contributed by atoms with Crippen molar-refractivity contribution in [2.45, 2.75) is 25.8 Å². The monoisotopic (exact) mass is 236 g/mol. The number of phenols is 1. The van der Waals surface area contributed by atoms with Crippen LogP contribution in [0, 0.1) is 0 Å². The topological polar surface area (TPSA) is 44.7 Å². The molecule has 0 atom stereocenters. The van der Waals surface area contributed by atoms with Gasteiger partial charge in [-0.25, -0.2) is 5.01 Å². The zero-order chi connectivity index (χ0) is 12.1. The molecule has 0 saturated carbocycles. The van der Waals surface area contributed by atoms with Crippen LogP contribution in [-0.4, -0.2) is 30.3 Å². The Bertz CT molecular complexity index is 362. The van der Waals surface area contributed by atoms with Crippen molar-refractivity contribution in [2.24, 2.45) is 0 Å². The number of piperidine rings is 1. The van der Waals surface area contributed by atoms with Crippen molar-refractivity contribution >= 4 is 0 Å². The van der Waals surface area contributed by atoms with E-state index < -0.39 is 0 Å². The van der Waals surface area contributed by atoms with Crippen molar-refractivity contribution in [1.82, 2.24) is 10.4 Å². The van der Waals surface area contributed by atoms with Gasteiger partial charge in [0, 0.05) is 25.2 Å². The molecule has 0 bridgehead atoms. The summed E-state index contributed by atoms with van der Waals surface area (Å²) in [6.07, 6.45) is 3.82. The number of nitrogens with one attached hydrogen (secondary N) is 1. The molecule has 4 heteroatoms. The highest BCUT2D eigenvalue weighted by Crippen LogP contribution is 2.22. The quantitative estimate of drug-likeness (QED) is 0.838. The Morgan fingerprint density at radius 2 is 2.06 bits per heavy atom. The van der Waals surface area contributed by atoms with Gasteiger partial charge in [0.2, 0.25) is 0 Å². The van der Waals surface area contributed by atoms with Gasteiger partial charge in [-0.05, 0) is 31.0 Å². The Labute approximate surface area is 102 Å². The molecule has 1 aliphatic rings. The largest absolute Gasteiger partial charge is 0.508 e. The minimum absolute atomic E-state index is 0.315. The Kier molecular flexibility index (Phi) is 4.23. The average Bonchev–Trinajstić information content (AvgIpc) is 2.39. The number of methoxy groups -OCH3 is 1. The lowest BCUT2D eigenvalue weighted by molar-refractivity contribution is 0.150. The molecule has 1 heterocycles. The van der Waals surface area contributed by atoms with Crippen molar-refractivity contribution in [2.75, 3.05) is 20.2 Å². The molecule has 1 aliphatic heterocycles. The first-order valence-electron chi connectivity index (χ1n) is 6.14. The Balaban J connectivity index is 1.92. The molecular weight excluding hydrogens is 216 g/mol. The number of benzene rings is 1. The van der Waals surface area contributed by atoms with Crippen LogP contribution in [0.15, 0.2) is 18.2 Å². The summed E-state index contributed by atoms with van der Waals surface area (Å²) in [5.41, 5.74) is 4.22. The molecule has 2 N–H and O–H groups in total. The van der Waals surface area contributed by atoms with Gasteiger partial charge < -0.3 is 9.84 Å². The lowest BCUT2D eigenvalue weighted by Crippen LogP contribution is -2.41. The summed E-state index contributed by atoms with van der Waals surface area (Å²) in [7, 11) is 1.63. The summed E-state index contributed by atoms with van der Waals surface area (Å²) in [6, 6.07) is 5.30. The van der Waals surface area contributed by atoms with Crippen molar-refractivity contribution < 1.29 is 9.84 Å². The van der Waals surface area contributed by atoms with E-state index in [-0.39, 0.29) is 0 Å². The van der Waals surface area contributed by atoms with Crippen LogP contribution in [0.4, 0.5) is 0 Å². The molecule has 1 aromatic carbocycles. The standard InChI is InChI=1S/C13H20N2O2/c1-17-12-5-6-13(16)11(9-12)10-14-15-7-3-2-4-8-15/h5-6,9,14,16H,2-4,7-8,10H2,1H3. The average molecular weight is 236 g/mol. The van der Waals surface area contributed by atoms with Crippen molar-refractivity contribution in [3.05, 3.63) is 23.8 Å². The van der Waals surface area contributed by atoms with E-state index in [0.29, 0.717) is 12.3 Å². The third kappa shape index (κ3) is 3.35. The Hall–Kier alpha value is -1.26. The number of hydrogen-bond acceptors (Lipinski definition) is 4. The van der Waals surface area contributed by atoms with E-state index in [1.165, 1.54) is 19.3 Å². The van der Waals surface area contributed by atoms with E-state index in [1.54, 1.807) is 19.2 Å². The van der Waals surface area contributed by atoms with Gasteiger partial charge in [0.25, 0.3) is 0 Å². The first-order chi connectivity index (χ1) is 8.29. The van der Waals surface area contributed by atoms with Crippen LogP contribution in [0.3, 0.4) is 0 Å². The first-order valence-corrected chi connectivity index (χ1v) is 6.14. The minimum Gasteiger partial charge on any atom is -0.508 e. The van der Waals surface area contributed by atoms with Crippen LogP contribution < -0.4 is 10.2 Å². The highest BCUT2D eigenvalue weighted by atomic mass is 16.5. The highest BCUT2D eigenvalue weighted by molar-refractivity contribution is 5.39. The molecular formula is C13H20N2O2. The van der Waals surface area contributed by atoms with Gasteiger partial charge in [0.15, 0.2) is 0 Å². The molecule has 1 aromatic rings. The van der Waals surface area contributed by atoms with Gasteiger partial charge in [-0.3, -0.25) is 5.43 Å². The van der Waals surface area contributed by atoms with E-state index in [4.69, 9.17) is 4.74 Å². The molecule has 0 radical (unpaired) electrons. The van der Waals surface area contributed by atoms with Crippen LogP contribution in [0.2, 0.25) is 0 Å². The smallest absolute Gasteiger partial charge is 0.120 e. The third-order valence-electron chi connectivity index (χ3n) is 3.14. The molecule has 4 nitrogen and oxygen atoms in total. The van der Waals surface area contributed by atoms with Gasteiger partial charge in [0.05, 0.1) is 7.11 Å². The molecule has 2 rings (SSSR count). The van der Waals surface area contributed by atoms with Crippen LogP contribution >= 0.6 is 0 Å². The summed E-state index contributed by atoms with van der Waals surface area (Å²) in [4.78, 5) is 0. The second-order valence-corrected chi connectivity index (χ2v) is 4.38. The number of hydrogen-bond donors (Lipinski definition) is 2. The first kappa shape index (κ1) is 12.2. The zero-order valence-corrected chi connectivity index (χ0v) is 10.3. The van der Waals surface area contributed by atoms with Gasteiger partial charge >= 0.3 is 0 Å². The number of ether oxygens (including phenoxy) is 1. The lowest BCUT2D eigenvalue weighted by Gasteiger charge is -2.27. The molecule has 0 unspecified atom stereocenters. The number of phenolic OH excluding ortho intramolecular Hbond substituents is 1. The summed E-state index contributed by atoms with van der Waals surface area (Å²) in [6.45, 7) is 2.82. The number of nitrogens with zero attached hydrogens (tertiary/aromatic N) is 1. The van der Waals surface area contributed by atoms with Gasteiger partial charge in [-0.1, -0.05) is 6.42 Å². The van der Waals surface area contributed by atoms with Gasteiger partial charge in [-0.2, -0.15) is 0 Å². The molecule has 0 amide bonds. The second-order valence-electron chi connectivity index (χ2n) is 4.38. The third-order valence-corrected chi connectivity index (χ3v) is 3.14. The number of aromatic hydroxyl groups is 1. The molecule has 17 heavy (non-hydrogen) atoms. The maximum Gasteiger partial charge on any atom is 0.120 e. The lowest BCUT2D eigenvalue weighted by atomic mass is 10.1. The molecule has 0 spiro atoms. The second kappa shape index (κ2) is 5.89. The maximum atomic E-state index is 9.75. The SMILES string of the molecule is COc1ccc(O)c(CNN2CCCCC2)c1. The summed E-state index contributed by atoms with van der Waals surface area (Å²) >= 11 is 0. The van der Waals surface area contributed by atoms with Crippen LogP contribution in [0.5, 0.6) is 11.5 Å². The maximum absolute atomic E-state index is 9.75. The van der Waals surface area contributed by atoms with E-state index in [1.807, 2.05) is 6.07 Å². The predicted molar refractivity (Wildman–Crippen MR) is 66.9 cm³/mol. The minimum atomic E-state index is 0.315. The van der Waals surface area contributed by atoms with E-state index in [2.05, 4.69) is 10.4 Å². The van der Waals surface area contributed by atoms with Gasteiger partial charge in [0.1, 0.15) is 11.5 Å². The predicted octanol–water partition coefficient (Wildman–Crippen LogP) is 1.89. The van der Waals surface area contributed by atoms with E-state index >= 15 is 0 Å². The Morgan fingerprint density at radius 3 is 2.76 bits per heavy atom. The van der Waals surface area contributed by atoms with E-state index in [9.17, 15) is 5.11 Å². The number of hydrazine groups is 1.